The van der Waals surface area contributed by atoms with Gasteiger partial charge in [-0.15, -0.1) is 0 Å². The smallest absolute Gasteiger partial charge is 0.261 e. The average Bonchev–Trinajstić information content (AvgIpc) is 3.10. The number of hydrogen-bond donors (Lipinski definition) is 2. The third-order valence-corrected chi connectivity index (χ3v) is 11.6. The Labute approximate surface area is 248 Å². The van der Waals surface area contributed by atoms with E-state index in [1.54, 1.807) is 11.9 Å². The topological polar surface area (TPSA) is 61.8 Å². The Bertz CT molecular complexity index is 1220. The van der Waals surface area contributed by atoms with Crippen LogP contribution in [0.2, 0.25) is 5.02 Å². The van der Waals surface area contributed by atoms with Crippen LogP contribution in [0, 0.1) is 17.8 Å². The second kappa shape index (κ2) is 12.1. The standard InChI is InChI=1S/C33H43ClN2O3S/c1-2-27-8-4-3-6-25(19-37)28-12-9-24(28)18-36-20-33(15-5-7-22-16-26(34)11-13-29(22)33)21-39-31-14-10-23(17-30(31)36)32(38)35-40-27/h10-11,13-14,16-17,24-25,27-28,37H,2-9,12,15,18-21H2,1H3,(H,35,38)/t24?,25?,27?,28?,33-/m0/s1. The predicted molar refractivity (Wildman–Crippen MR) is 165 cm³/mol. The minimum Gasteiger partial charge on any atom is -0.490 e. The third-order valence-electron chi connectivity index (χ3n) is 10.2. The van der Waals surface area contributed by atoms with Crippen molar-refractivity contribution in [2.45, 2.75) is 81.8 Å². The first kappa shape index (κ1) is 28.2. The van der Waals surface area contributed by atoms with Crippen LogP contribution in [0.25, 0.3) is 0 Å². The summed E-state index contributed by atoms with van der Waals surface area (Å²) in [5.74, 6) is 2.31. The largest absolute Gasteiger partial charge is 0.490 e. The number of aliphatic hydroxyl groups is 1. The van der Waals surface area contributed by atoms with E-state index in [0.29, 0.717) is 35.2 Å². The fourth-order valence-electron chi connectivity index (χ4n) is 7.74. The van der Waals surface area contributed by atoms with E-state index in [1.807, 2.05) is 18.2 Å². The maximum absolute atomic E-state index is 13.3. The molecule has 216 valence electrons. The summed E-state index contributed by atoms with van der Waals surface area (Å²) in [6.45, 7) is 4.89. The highest BCUT2D eigenvalue weighted by Crippen LogP contribution is 2.48. The molecule has 5 atom stereocenters. The third kappa shape index (κ3) is 5.61. The number of aliphatic hydroxyl groups excluding tert-OH is 1. The molecule has 0 saturated heterocycles. The van der Waals surface area contributed by atoms with Crippen molar-refractivity contribution in [3.05, 3.63) is 58.1 Å². The molecule has 1 spiro atoms. The first-order valence-electron chi connectivity index (χ1n) is 15.4. The lowest BCUT2D eigenvalue weighted by molar-refractivity contribution is 0.0575. The van der Waals surface area contributed by atoms with Crippen molar-refractivity contribution in [1.29, 1.82) is 0 Å². The Hall–Kier alpha value is -1.89. The van der Waals surface area contributed by atoms with Crippen molar-refractivity contribution in [3.8, 4) is 5.75 Å². The van der Waals surface area contributed by atoms with E-state index in [1.165, 1.54) is 24.0 Å². The van der Waals surface area contributed by atoms with Crippen LogP contribution in [-0.4, -0.2) is 42.6 Å². The molecule has 2 bridgehead atoms. The van der Waals surface area contributed by atoms with Crippen molar-refractivity contribution in [3.63, 3.8) is 0 Å². The van der Waals surface area contributed by atoms with Gasteiger partial charge < -0.3 is 14.7 Å². The van der Waals surface area contributed by atoms with Gasteiger partial charge in [-0.1, -0.05) is 37.4 Å². The van der Waals surface area contributed by atoms with Gasteiger partial charge in [-0.25, -0.2) is 0 Å². The van der Waals surface area contributed by atoms with Crippen LogP contribution in [0.4, 0.5) is 5.69 Å². The fourth-order valence-corrected chi connectivity index (χ4v) is 8.78. The molecule has 2 aliphatic carbocycles. The van der Waals surface area contributed by atoms with Crippen molar-refractivity contribution in [2.75, 3.05) is 31.2 Å². The highest BCUT2D eigenvalue weighted by atomic mass is 35.5. The number of hydrogen-bond acceptors (Lipinski definition) is 5. The lowest BCUT2D eigenvalue weighted by Crippen LogP contribution is -2.49. The molecule has 6 rings (SSSR count). The van der Waals surface area contributed by atoms with Crippen molar-refractivity contribution in [2.24, 2.45) is 17.8 Å². The van der Waals surface area contributed by atoms with E-state index in [0.717, 1.165) is 80.9 Å². The summed E-state index contributed by atoms with van der Waals surface area (Å²) in [5, 5.41) is 11.6. The number of amides is 1. The normalized spacial score (nSPS) is 30.8. The Kier molecular flexibility index (Phi) is 8.58. The van der Waals surface area contributed by atoms with Crippen molar-refractivity contribution in [1.82, 2.24) is 4.72 Å². The highest BCUT2D eigenvalue weighted by molar-refractivity contribution is 7.98. The zero-order valence-electron chi connectivity index (χ0n) is 23.7. The molecule has 1 saturated carbocycles. The summed E-state index contributed by atoms with van der Waals surface area (Å²) in [4.78, 5) is 15.8. The fraction of sp³-hybridized carbons (Fsp3) is 0.606. The van der Waals surface area contributed by atoms with E-state index in [9.17, 15) is 9.90 Å². The number of benzene rings is 2. The van der Waals surface area contributed by atoms with Crippen LogP contribution in [-0.2, 0) is 11.8 Å². The number of nitrogens with one attached hydrogen (secondary N) is 1. The monoisotopic (exact) mass is 582 g/mol. The second-order valence-corrected chi connectivity index (χ2v) is 14.1. The molecule has 2 heterocycles. The van der Waals surface area contributed by atoms with Crippen molar-refractivity contribution < 1.29 is 14.6 Å². The quantitative estimate of drug-likeness (QED) is 0.367. The Morgan fingerprint density at radius 2 is 2.00 bits per heavy atom. The molecule has 40 heavy (non-hydrogen) atoms. The van der Waals surface area contributed by atoms with Crippen LogP contribution < -0.4 is 14.4 Å². The summed E-state index contributed by atoms with van der Waals surface area (Å²) in [5.41, 5.74) is 4.29. The number of anilines is 1. The number of carbonyl (C=O) groups is 1. The minimum absolute atomic E-state index is 0.0308. The molecule has 0 radical (unpaired) electrons. The van der Waals surface area contributed by atoms with E-state index in [4.69, 9.17) is 16.3 Å². The first-order chi connectivity index (χ1) is 19.5. The van der Waals surface area contributed by atoms with E-state index >= 15 is 0 Å². The molecule has 2 aliphatic heterocycles. The number of halogens is 1. The SMILES string of the molecule is CCC1CCCCC(CO)C2CCC2CN2C[C@@]3(CCCc4cc(Cl)ccc43)COc3ccc(cc32)C(=O)NS1. The minimum atomic E-state index is -0.125. The lowest BCUT2D eigenvalue weighted by atomic mass is 9.65. The van der Waals surface area contributed by atoms with Crippen LogP contribution >= 0.6 is 23.5 Å². The van der Waals surface area contributed by atoms with Gasteiger partial charge in [0.15, 0.2) is 0 Å². The van der Waals surface area contributed by atoms with Crippen molar-refractivity contribution >= 4 is 35.1 Å². The molecule has 2 aromatic rings. The van der Waals surface area contributed by atoms with Gasteiger partial charge in [0.25, 0.3) is 5.91 Å². The summed E-state index contributed by atoms with van der Waals surface area (Å²) < 4.78 is 9.78. The number of ether oxygens (including phenoxy) is 1. The highest BCUT2D eigenvalue weighted by Gasteiger charge is 2.44. The maximum atomic E-state index is 13.3. The van der Waals surface area contributed by atoms with E-state index in [-0.39, 0.29) is 17.9 Å². The van der Waals surface area contributed by atoms with Gasteiger partial charge in [0.1, 0.15) is 5.75 Å². The van der Waals surface area contributed by atoms with Crippen LogP contribution in [0.5, 0.6) is 5.75 Å². The molecule has 7 heteroatoms. The number of nitrogens with zero attached hydrogens (tertiary/aromatic N) is 1. The number of fused-ring (bicyclic) bond motifs is 4. The Morgan fingerprint density at radius 3 is 2.80 bits per heavy atom. The average molecular weight is 583 g/mol. The summed E-state index contributed by atoms with van der Waals surface area (Å²) >= 11 is 7.99. The van der Waals surface area contributed by atoms with Gasteiger partial charge in [0, 0.05) is 40.9 Å². The molecular formula is C33H43ClN2O3S. The van der Waals surface area contributed by atoms with Crippen LogP contribution in [0.15, 0.2) is 36.4 Å². The van der Waals surface area contributed by atoms with Gasteiger partial charge in [-0.2, -0.15) is 0 Å². The van der Waals surface area contributed by atoms with E-state index < -0.39 is 0 Å². The van der Waals surface area contributed by atoms with Gasteiger partial charge in [0.05, 0.1) is 12.3 Å². The van der Waals surface area contributed by atoms with Crippen LogP contribution in [0.3, 0.4) is 0 Å². The van der Waals surface area contributed by atoms with Gasteiger partial charge in [-0.05, 0) is 123 Å². The number of rotatable bonds is 2. The lowest BCUT2D eigenvalue weighted by Gasteiger charge is -2.46. The van der Waals surface area contributed by atoms with Gasteiger partial charge in [0.2, 0.25) is 0 Å². The molecule has 4 unspecified atom stereocenters. The molecular weight excluding hydrogens is 540 g/mol. The first-order valence-corrected chi connectivity index (χ1v) is 16.6. The summed E-state index contributed by atoms with van der Waals surface area (Å²) in [7, 11) is 0. The van der Waals surface area contributed by atoms with E-state index in [2.05, 4.69) is 34.7 Å². The number of aryl methyl sites for hydroxylation is 1. The Balaban J connectivity index is 1.38. The molecule has 5 nitrogen and oxygen atoms in total. The summed E-state index contributed by atoms with van der Waals surface area (Å²) in [6, 6.07) is 12.4. The molecule has 1 amide bonds. The van der Waals surface area contributed by atoms with Gasteiger partial charge in [-0.3, -0.25) is 9.52 Å². The molecule has 2 aromatic carbocycles. The maximum Gasteiger partial charge on any atom is 0.261 e. The zero-order valence-corrected chi connectivity index (χ0v) is 25.2. The molecule has 1 fully saturated rings. The number of carbonyl (C=O) groups excluding carboxylic acids is 1. The van der Waals surface area contributed by atoms with Gasteiger partial charge >= 0.3 is 0 Å². The summed E-state index contributed by atoms with van der Waals surface area (Å²) in [6.07, 6.45) is 11.1. The molecule has 2 N–H and O–H groups in total. The second-order valence-electron chi connectivity index (χ2n) is 12.6. The zero-order chi connectivity index (χ0) is 27.7. The molecule has 0 aromatic heterocycles. The predicted octanol–water partition coefficient (Wildman–Crippen LogP) is 7.18. The Morgan fingerprint density at radius 1 is 1.12 bits per heavy atom. The van der Waals surface area contributed by atoms with Crippen LogP contribution in [0.1, 0.15) is 86.2 Å². The molecule has 4 aliphatic rings.